The quantitative estimate of drug-likeness (QED) is 0.861. The van der Waals surface area contributed by atoms with Crippen LogP contribution in [0.4, 0.5) is 10.5 Å². The molecule has 0 saturated carbocycles. The fraction of sp³-hybridized carbons (Fsp3) is 0.500. The Bertz CT molecular complexity index is 419. The number of nitrogens with zero attached hydrogens (tertiary/aromatic N) is 1. The standard InChI is InChI=1S/C14H21N3O/c1-2-11-6-7-17(10-11)14(18)16-13-5-3-4-12(8-13)9-15/h3-5,8,11H,2,6-7,9-10,15H2,1H3,(H,16,18). The number of likely N-dealkylation sites (tertiary alicyclic amines) is 1. The van der Waals surface area contributed by atoms with Crippen LogP contribution in [0.15, 0.2) is 24.3 Å². The molecule has 4 nitrogen and oxygen atoms in total. The van der Waals surface area contributed by atoms with Crippen LogP contribution in [0.1, 0.15) is 25.3 Å². The first-order valence-corrected chi connectivity index (χ1v) is 6.58. The maximum Gasteiger partial charge on any atom is 0.321 e. The third-order valence-electron chi connectivity index (χ3n) is 3.56. The molecule has 1 aliphatic heterocycles. The molecule has 1 heterocycles. The smallest absolute Gasteiger partial charge is 0.321 e. The van der Waals surface area contributed by atoms with Crippen molar-refractivity contribution in [1.29, 1.82) is 0 Å². The second kappa shape index (κ2) is 5.87. The minimum absolute atomic E-state index is 0.000112. The summed E-state index contributed by atoms with van der Waals surface area (Å²) in [6.45, 7) is 4.40. The molecule has 1 saturated heterocycles. The van der Waals surface area contributed by atoms with Gasteiger partial charge in [0.15, 0.2) is 0 Å². The van der Waals surface area contributed by atoms with Crippen LogP contribution in [-0.2, 0) is 6.54 Å². The molecular formula is C14H21N3O. The van der Waals surface area contributed by atoms with Crippen molar-refractivity contribution in [2.24, 2.45) is 11.7 Å². The van der Waals surface area contributed by atoms with Gasteiger partial charge in [0.1, 0.15) is 0 Å². The largest absolute Gasteiger partial charge is 0.326 e. The molecule has 98 valence electrons. The van der Waals surface area contributed by atoms with Gasteiger partial charge in [0.05, 0.1) is 0 Å². The molecule has 4 heteroatoms. The van der Waals surface area contributed by atoms with Gasteiger partial charge in [-0.25, -0.2) is 4.79 Å². The summed E-state index contributed by atoms with van der Waals surface area (Å²) >= 11 is 0. The van der Waals surface area contributed by atoms with Crippen molar-refractivity contribution in [3.8, 4) is 0 Å². The number of anilines is 1. The number of rotatable bonds is 3. The van der Waals surface area contributed by atoms with Crippen molar-refractivity contribution in [3.05, 3.63) is 29.8 Å². The van der Waals surface area contributed by atoms with E-state index < -0.39 is 0 Å². The van der Waals surface area contributed by atoms with Crippen molar-refractivity contribution in [1.82, 2.24) is 4.90 Å². The van der Waals surface area contributed by atoms with Crippen LogP contribution < -0.4 is 11.1 Å². The van der Waals surface area contributed by atoms with E-state index in [4.69, 9.17) is 5.73 Å². The first-order valence-electron chi connectivity index (χ1n) is 6.58. The number of amides is 2. The van der Waals surface area contributed by atoms with Crippen molar-refractivity contribution < 1.29 is 4.79 Å². The molecule has 2 rings (SSSR count). The lowest BCUT2D eigenvalue weighted by Gasteiger charge is -2.17. The molecule has 1 atom stereocenters. The fourth-order valence-electron chi connectivity index (χ4n) is 2.33. The van der Waals surface area contributed by atoms with E-state index in [1.54, 1.807) is 0 Å². The minimum atomic E-state index is 0.000112. The molecule has 0 spiro atoms. The number of carbonyl (C=O) groups excluding carboxylic acids is 1. The average Bonchev–Trinajstić information content (AvgIpc) is 2.88. The highest BCUT2D eigenvalue weighted by Crippen LogP contribution is 2.20. The first-order chi connectivity index (χ1) is 8.72. The first kappa shape index (κ1) is 12.9. The highest BCUT2D eigenvalue weighted by Gasteiger charge is 2.24. The normalized spacial score (nSPS) is 19.0. The lowest BCUT2D eigenvalue weighted by molar-refractivity contribution is 0.220. The number of carbonyl (C=O) groups is 1. The van der Waals surface area contributed by atoms with Crippen LogP contribution in [0, 0.1) is 5.92 Å². The summed E-state index contributed by atoms with van der Waals surface area (Å²) in [5.74, 6) is 0.658. The van der Waals surface area contributed by atoms with Gasteiger partial charge < -0.3 is 16.0 Å². The fourth-order valence-corrected chi connectivity index (χ4v) is 2.33. The topological polar surface area (TPSA) is 58.4 Å². The summed E-state index contributed by atoms with van der Waals surface area (Å²) in [6.07, 6.45) is 2.26. The summed E-state index contributed by atoms with van der Waals surface area (Å²) in [6, 6.07) is 7.69. The van der Waals surface area contributed by atoms with E-state index in [1.165, 1.54) is 0 Å². The molecular weight excluding hydrogens is 226 g/mol. The van der Waals surface area contributed by atoms with Crippen LogP contribution in [0.5, 0.6) is 0 Å². The van der Waals surface area contributed by atoms with Gasteiger partial charge in [-0.2, -0.15) is 0 Å². The third kappa shape index (κ3) is 3.01. The summed E-state index contributed by atoms with van der Waals surface area (Å²) in [5, 5.41) is 2.93. The Morgan fingerprint density at radius 3 is 3.06 bits per heavy atom. The maximum atomic E-state index is 12.1. The molecule has 1 aromatic carbocycles. The van der Waals surface area contributed by atoms with Crippen LogP contribution >= 0.6 is 0 Å². The Morgan fingerprint density at radius 2 is 2.39 bits per heavy atom. The molecule has 1 fully saturated rings. The second-order valence-electron chi connectivity index (χ2n) is 4.84. The van der Waals surface area contributed by atoms with Crippen LogP contribution in [-0.4, -0.2) is 24.0 Å². The van der Waals surface area contributed by atoms with E-state index in [0.717, 1.165) is 37.2 Å². The van der Waals surface area contributed by atoms with Gasteiger partial charge in [0.2, 0.25) is 0 Å². The lowest BCUT2D eigenvalue weighted by Crippen LogP contribution is -2.32. The molecule has 1 aromatic rings. The summed E-state index contributed by atoms with van der Waals surface area (Å²) < 4.78 is 0. The van der Waals surface area contributed by atoms with Crippen molar-refractivity contribution in [2.75, 3.05) is 18.4 Å². The highest BCUT2D eigenvalue weighted by molar-refractivity contribution is 5.89. The van der Waals surface area contributed by atoms with Crippen LogP contribution in [0.2, 0.25) is 0 Å². The molecule has 0 radical (unpaired) electrons. The van der Waals surface area contributed by atoms with Crippen molar-refractivity contribution >= 4 is 11.7 Å². The van der Waals surface area contributed by atoms with Gasteiger partial charge in [0, 0.05) is 25.3 Å². The van der Waals surface area contributed by atoms with E-state index in [0.29, 0.717) is 12.5 Å². The molecule has 0 aromatic heterocycles. The van der Waals surface area contributed by atoms with Gasteiger partial charge in [-0.15, -0.1) is 0 Å². The van der Waals surface area contributed by atoms with Gasteiger partial charge in [-0.1, -0.05) is 25.5 Å². The monoisotopic (exact) mass is 247 g/mol. The van der Waals surface area contributed by atoms with Crippen LogP contribution in [0.25, 0.3) is 0 Å². The molecule has 18 heavy (non-hydrogen) atoms. The van der Waals surface area contributed by atoms with Gasteiger partial charge in [-0.05, 0) is 30.0 Å². The Morgan fingerprint density at radius 1 is 1.56 bits per heavy atom. The van der Waals surface area contributed by atoms with Gasteiger partial charge >= 0.3 is 6.03 Å². The molecule has 0 bridgehead atoms. The maximum absolute atomic E-state index is 12.1. The van der Waals surface area contributed by atoms with Gasteiger partial charge in [0.25, 0.3) is 0 Å². The second-order valence-corrected chi connectivity index (χ2v) is 4.84. The molecule has 1 unspecified atom stereocenters. The molecule has 1 aliphatic rings. The van der Waals surface area contributed by atoms with Crippen molar-refractivity contribution in [3.63, 3.8) is 0 Å². The number of nitrogens with one attached hydrogen (secondary N) is 1. The van der Waals surface area contributed by atoms with E-state index in [9.17, 15) is 4.79 Å². The van der Waals surface area contributed by atoms with Crippen molar-refractivity contribution in [2.45, 2.75) is 26.3 Å². The van der Waals surface area contributed by atoms with Gasteiger partial charge in [-0.3, -0.25) is 0 Å². The zero-order valence-electron chi connectivity index (χ0n) is 10.9. The number of hydrogen-bond donors (Lipinski definition) is 2. The lowest BCUT2D eigenvalue weighted by atomic mass is 10.1. The minimum Gasteiger partial charge on any atom is -0.326 e. The zero-order valence-corrected chi connectivity index (χ0v) is 10.9. The van der Waals surface area contributed by atoms with E-state index in [-0.39, 0.29) is 6.03 Å². The van der Waals surface area contributed by atoms with Crippen LogP contribution in [0.3, 0.4) is 0 Å². The summed E-state index contributed by atoms with van der Waals surface area (Å²) in [4.78, 5) is 14.0. The predicted molar refractivity (Wildman–Crippen MR) is 73.3 cm³/mol. The Hall–Kier alpha value is -1.55. The number of nitrogens with two attached hydrogens (primary N) is 1. The Balaban J connectivity index is 1.94. The SMILES string of the molecule is CCC1CCN(C(=O)Nc2cccc(CN)c2)C1. The van der Waals surface area contributed by atoms with E-state index in [2.05, 4.69) is 12.2 Å². The molecule has 2 amide bonds. The Labute approximate surface area is 108 Å². The Kier molecular flexibility index (Phi) is 4.20. The third-order valence-corrected chi connectivity index (χ3v) is 3.56. The number of hydrogen-bond acceptors (Lipinski definition) is 2. The highest BCUT2D eigenvalue weighted by atomic mass is 16.2. The zero-order chi connectivity index (χ0) is 13.0. The average molecular weight is 247 g/mol. The summed E-state index contributed by atoms with van der Waals surface area (Å²) in [7, 11) is 0. The van der Waals surface area contributed by atoms with E-state index in [1.807, 2.05) is 29.2 Å². The summed E-state index contributed by atoms with van der Waals surface area (Å²) in [5.41, 5.74) is 7.44. The predicted octanol–water partition coefficient (Wildman–Crippen LogP) is 2.41. The number of benzene rings is 1. The number of urea groups is 1. The van der Waals surface area contributed by atoms with E-state index >= 15 is 0 Å². The molecule has 0 aliphatic carbocycles. The molecule has 3 N–H and O–H groups in total.